The molecule has 30 heavy (non-hydrogen) atoms. The smallest absolute Gasteiger partial charge is 0.290 e. The fourth-order valence-electron chi connectivity index (χ4n) is 4.91. The first-order valence-electron chi connectivity index (χ1n) is 10.9. The number of nitrogens with zero attached hydrogens (tertiary/aromatic N) is 2. The van der Waals surface area contributed by atoms with Gasteiger partial charge in [-0.3, -0.25) is 9.59 Å². The lowest BCUT2D eigenvalue weighted by Gasteiger charge is -2.52. The Hall–Kier alpha value is -2.38. The van der Waals surface area contributed by atoms with Gasteiger partial charge in [0.05, 0.1) is 19.2 Å². The third-order valence-corrected chi connectivity index (χ3v) is 6.63. The highest BCUT2D eigenvalue weighted by atomic mass is 16.5. The van der Waals surface area contributed by atoms with E-state index in [9.17, 15) is 9.59 Å². The number of carbonyl (C=O) groups excluding carboxylic acids is 2. The predicted molar refractivity (Wildman–Crippen MR) is 110 cm³/mol. The van der Waals surface area contributed by atoms with Crippen LogP contribution in [0.3, 0.4) is 0 Å². The summed E-state index contributed by atoms with van der Waals surface area (Å²) in [6.07, 6.45) is 3.66. The summed E-state index contributed by atoms with van der Waals surface area (Å²) in [4.78, 5) is 28.9. The fourth-order valence-corrected chi connectivity index (χ4v) is 4.91. The number of amides is 2. The highest BCUT2D eigenvalue weighted by Crippen LogP contribution is 2.37. The molecule has 0 saturated carbocycles. The summed E-state index contributed by atoms with van der Waals surface area (Å²) in [5.41, 5.74) is 1.25. The monoisotopic (exact) mass is 412 g/mol. The number of hydrogen-bond acceptors (Lipinski definition) is 5. The van der Waals surface area contributed by atoms with Crippen molar-refractivity contribution >= 4 is 22.8 Å². The van der Waals surface area contributed by atoms with Crippen LogP contribution in [0, 0.1) is 6.92 Å². The molecule has 3 saturated heterocycles. The van der Waals surface area contributed by atoms with Crippen molar-refractivity contribution in [3.63, 3.8) is 0 Å². The fraction of sp³-hybridized carbons (Fsp3) is 0.565. The second-order valence-electron chi connectivity index (χ2n) is 8.76. The Morgan fingerprint density at radius 2 is 1.93 bits per heavy atom. The van der Waals surface area contributed by atoms with E-state index in [0.29, 0.717) is 31.9 Å². The second kappa shape index (κ2) is 7.71. The largest absolute Gasteiger partial charge is 0.451 e. The Morgan fingerprint density at radius 3 is 2.70 bits per heavy atom. The molecule has 0 bridgehead atoms. The number of carbonyl (C=O) groups is 2. The van der Waals surface area contributed by atoms with Crippen molar-refractivity contribution in [2.45, 2.75) is 44.3 Å². The Balaban J connectivity index is 1.18. The maximum Gasteiger partial charge on any atom is 0.290 e. The highest BCUT2D eigenvalue weighted by Gasteiger charge is 2.50. The zero-order chi connectivity index (χ0) is 20.7. The molecule has 0 N–H and O–H groups in total. The van der Waals surface area contributed by atoms with Crippen LogP contribution in [0.2, 0.25) is 0 Å². The van der Waals surface area contributed by atoms with E-state index in [2.05, 4.69) is 0 Å². The van der Waals surface area contributed by atoms with Crippen LogP contribution in [0.1, 0.15) is 41.8 Å². The third kappa shape index (κ3) is 3.50. The lowest BCUT2D eigenvalue weighted by Crippen LogP contribution is -2.67. The molecule has 2 aromatic rings. The van der Waals surface area contributed by atoms with Gasteiger partial charge in [-0.25, -0.2) is 0 Å². The lowest BCUT2D eigenvalue weighted by atomic mass is 9.84. The zero-order valence-corrected chi connectivity index (χ0v) is 17.4. The lowest BCUT2D eigenvalue weighted by molar-refractivity contribution is -0.188. The number of para-hydroxylation sites is 1. The summed E-state index contributed by atoms with van der Waals surface area (Å²) in [5.74, 6) is 0.398. The first kappa shape index (κ1) is 19.6. The molecule has 1 aromatic carbocycles. The normalized spacial score (nSPS) is 23.2. The van der Waals surface area contributed by atoms with Crippen LogP contribution in [0.15, 0.2) is 28.7 Å². The molecule has 160 valence electrons. The summed E-state index contributed by atoms with van der Waals surface area (Å²) in [6.45, 7) is 5.41. The Bertz CT molecular complexity index is 956. The maximum absolute atomic E-state index is 13.0. The van der Waals surface area contributed by atoms with Crippen LogP contribution in [0.5, 0.6) is 0 Å². The van der Waals surface area contributed by atoms with Gasteiger partial charge in [0.15, 0.2) is 5.76 Å². The Labute approximate surface area is 175 Å². The number of ether oxygens (including phenoxy) is 2. The van der Waals surface area contributed by atoms with Crippen molar-refractivity contribution in [3.05, 3.63) is 35.6 Å². The van der Waals surface area contributed by atoms with Crippen LogP contribution in [-0.2, 0) is 14.3 Å². The second-order valence-corrected chi connectivity index (χ2v) is 8.76. The van der Waals surface area contributed by atoms with E-state index in [-0.39, 0.29) is 30.1 Å². The molecule has 1 aromatic heterocycles. The molecule has 1 atom stereocenters. The van der Waals surface area contributed by atoms with Crippen LogP contribution in [0.4, 0.5) is 0 Å². The van der Waals surface area contributed by atoms with Gasteiger partial charge < -0.3 is 23.7 Å². The van der Waals surface area contributed by atoms with Crippen molar-refractivity contribution in [1.82, 2.24) is 9.80 Å². The average Bonchev–Trinajstić information content (AvgIpc) is 3.39. The van der Waals surface area contributed by atoms with Gasteiger partial charge >= 0.3 is 0 Å². The molecule has 3 aliphatic rings. The summed E-state index contributed by atoms with van der Waals surface area (Å²) >= 11 is 0. The standard InChI is InChI=1S/C23H28N2O5/c1-16-18-6-2-3-7-19(18)30-21(16)22(27)25-14-23(15-25)12-17(8-11-29-23)28-13-20(26)24-9-4-5-10-24/h2-3,6-7,17H,4-5,8-15H2,1H3/t17-/m0/s1. The van der Waals surface area contributed by atoms with E-state index in [0.717, 1.165) is 48.9 Å². The van der Waals surface area contributed by atoms with Crippen molar-refractivity contribution in [2.75, 3.05) is 39.4 Å². The van der Waals surface area contributed by atoms with E-state index >= 15 is 0 Å². The van der Waals surface area contributed by atoms with Gasteiger partial charge in [0, 0.05) is 37.1 Å². The zero-order valence-electron chi connectivity index (χ0n) is 17.4. The van der Waals surface area contributed by atoms with Crippen molar-refractivity contribution in [3.8, 4) is 0 Å². The van der Waals surface area contributed by atoms with Crippen molar-refractivity contribution in [1.29, 1.82) is 0 Å². The molecule has 5 rings (SSSR count). The molecule has 0 aliphatic carbocycles. The average molecular weight is 412 g/mol. The molecule has 1 spiro atoms. The van der Waals surface area contributed by atoms with Gasteiger partial charge in [0.25, 0.3) is 5.91 Å². The van der Waals surface area contributed by atoms with Crippen LogP contribution >= 0.6 is 0 Å². The van der Waals surface area contributed by atoms with Gasteiger partial charge in [-0.05, 0) is 32.3 Å². The summed E-state index contributed by atoms with van der Waals surface area (Å²) in [6, 6.07) is 7.70. The number of furan rings is 1. The minimum Gasteiger partial charge on any atom is -0.451 e. The van der Waals surface area contributed by atoms with E-state index in [1.807, 2.05) is 36.1 Å². The van der Waals surface area contributed by atoms with Gasteiger partial charge in [-0.15, -0.1) is 0 Å². The number of fused-ring (bicyclic) bond motifs is 1. The van der Waals surface area contributed by atoms with E-state index in [1.54, 1.807) is 4.90 Å². The summed E-state index contributed by atoms with van der Waals surface area (Å²) < 4.78 is 17.8. The van der Waals surface area contributed by atoms with Crippen molar-refractivity contribution < 1.29 is 23.5 Å². The number of rotatable bonds is 4. The van der Waals surface area contributed by atoms with Crippen LogP contribution < -0.4 is 0 Å². The molecule has 0 radical (unpaired) electrons. The summed E-state index contributed by atoms with van der Waals surface area (Å²) in [7, 11) is 0. The van der Waals surface area contributed by atoms with Gasteiger partial charge in [-0.2, -0.15) is 0 Å². The molecule has 7 heteroatoms. The van der Waals surface area contributed by atoms with Crippen LogP contribution in [-0.4, -0.2) is 72.7 Å². The first-order chi connectivity index (χ1) is 14.5. The first-order valence-corrected chi connectivity index (χ1v) is 10.9. The van der Waals surface area contributed by atoms with Gasteiger partial charge in [0.1, 0.15) is 17.8 Å². The maximum atomic E-state index is 13.0. The molecule has 0 unspecified atom stereocenters. The number of benzene rings is 1. The van der Waals surface area contributed by atoms with Gasteiger partial charge in [-0.1, -0.05) is 18.2 Å². The third-order valence-electron chi connectivity index (χ3n) is 6.63. The van der Waals surface area contributed by atoms with E-state index < -0.39 is 0 Å². The molecule has 2 amide bonds. The minimum atomic E-state index is -0.366. The molecular formula is C23H28N2O5. The summed E-state index contributed by atoms with van der Waals surface area (Å²) in [5, 5.41) is 0.973. The number of aryl methyl sites for hydroxylation is 1. The number of likely N-dealkylation sites (tertiary alicyclic amines) is 2. The van der Waals surface area contributed by atoms with E-state index in [4.69, 9.17) is 13.9 Å². The highest BCUT2D eigenvalue weighted by molar-refractivity contribution is 5.99. The van der Waals surface area contributed by atoms with Gasteiger partial charge in [0.2, 0.25) is 5.91 Å². The molecule has 3 fully saturated rings. The SMILES string of the molecule is Cc1c(C(=O)N2CC3(C[C@@H](OCC(=O)N4CCCC4)CCO3)C2)oc2ccccc12. The van der Waals surface area contributed by atoms with E-state index in [1.165, 1.54) is 0 Å². The molecular weight excluding hydrogens is 384 g/mol. The molecule has 7 nitrogen and oxygen atoms in total. The Morgan fingerprint density at radius 1 is 1.17 bits per heavy atom. The molecule has 4 heterocycles. The minimum absolute atomic E-state index is 0.00417. The number of hydrogen-bond donors (Lipinski definition) is 0. The quantitative estimate of drug-likeness (QED) is 0.772. The predicted octanol–water partition coefficient (Wildman–Crippen LogP) is 2.75. The van der Waals surface area contributed by atoms with Crippen molar-refractivity contribution in [2.24, 2.45) is 0 Å². The van der Waals surface area contributed by atoms with Crippen LogP contribution in [0.25, 0.3) is 11.0 Å². The molecule has 3 aliphatic heterocycles. The Kier molecular flexibility index (Phi) is 5.03. The topological polar surface area (TPSA) is 72.2 Å².